The first-order valence-corrected chi connectivity index (χ1v) is 13.6. The summed E-state index contributed by atoms with van der Waals surface area (Å²) < 4.78 is 31.8. The molecule has 192 valence electrons. The monoisotopic (exact) mass is 503 g/mol. The van der Waals surface area contributed by atoms with Gasteiger partial charge in [0, 0.05) is 13.1 Å². The molecule has 1 N–H and O–H groups in total. The van der Waals surface area contributed by atoms with Crippen LogP contribution < -0.4 is 14.4 Å². The van der Waals surface area contributed by atoms with Crippen molar-refractivity contribution in [1.29, 1.82) is 0 Å². The summed E-state index contributed by atoms with van der Waals surface area (Å²) in [5.41, 5.74) is 2.99. The maximum atomic E-state index is 13.7. The van der Waals surface area contributed by atoms with Crippen LogP contribution in [0, 0.1) is 13.8 Å². The van der Waals surface area contributed by atoms with Gasteiger partial charge in [-0.3, -0.25) is 13.9 Å². The minimum absolute atomic E-state index is 0.158. The molecular weight excluding hydrogens is 466 g/mol. The molecule has 2 aromatic carbocycles. The summed E-state index contributed by atoms with van der Waals surface area (Å²) in [4.78, 5) is 28.1. The zero-order valence-corrected chi connectivity index (χ0v) is 22.3. The predicted molar refractivity (Wildman–Crippen MR) is 139 cm³/mol. The van der Waals surface area contributed by atoms with Crippen LogP contribution in [0.4, 0.5) is 5.69 Å². The van der Waals surface area contributed by atoms with Gasteiger partial charge in [0.05, 0.1) is 19.1 Å². The minimum Gasteiger partial charge on any atom is -0.497 e. The zero-order chi connectivity index (χ0) is 26.2. The number of rotatable bonds is 12. The molecule has 0 aliphatic carbocycles. The van der Waals surface area contributed by atoms with Crippen molar-refractivity contribution in [3.63, 3.8) is 0 Å². The molecule has 0 heterocycles. The van der Waals surface area contributed by atoms with E-state index in [-0.39, 0.29) is 12.5 Å². The molecule has 0 unspecified atom stereocenters. The second-order valence-corrected chi connectivity index (χ2v) is 10.6. The quantitative estimate of drug-likeness (QED) is 0.479. The molecule has 2 aromatic rings. The third-order valence-electron chi connectivity index (χ3n) is 5.75. The number of ether oxygens (including phenoxy) is 1. The van der Waals surface area contributed by atoms with Crippen LogP contribution in [0.25, 0.3) is 0 Å². The van der Waals surface area contributed by atoms with Crippen LogP contribution in [0.1, 0.15) is 43.4 Å². The zero-order valence-electron chi connectivity index (χ0n) is 21.5. The van der Waals surface area contributed by atoms with Crippen LogP contribution in [0.2, 0.25) is 0 Å². The molecule has 0 aromatic heterocycles. The number of benzene rings is 2. The average Bonchev–Trinajstić information content (AvgIpc) is 2.81. The number of anilines is 1. The van der Waals surface area contributed by atoms with E-state index in [0.29, 0.717) is 24.4 Å². The van der Waals surface area contributed by atoms with E-state index in [1.54, 1.807) is 25.3 Å². The summed E-state index contributed by atoms with van der Waals surface area (Å²) in [6.07, 6.45) is 2.24. The first kappa shape index (κ1) is 28.2. The highest BCUT2D eigenvalue weighted by Gasteiger charge is 2.32. The molecule has 35 heavy (non-hydrogen) atoms. The minimum atomic E-state index is -3.76. The van der Waals surface area contributed by atoms with E-state index in [1.807, 2.05) is 52.0 Å². The lowest BCUT2D eigenvalue weighted by molar-refractivity contribution is -0.140. The van der Waals surface area contributed by atoms with Gasteiger partial charge in [0.25, 0.3) is 0 Å². The highest BCUT2D eigenvalue weighted by Crippen LogP contribution is 2.24. The van der Waals surface area contributed by atoms with E-state index in [2.05, 4.69) is 5.32 Å². The smallest absolute Gasteiger partial charge is 0.244 e. The Labute approximate surface area is 209 Å². The summed E-state index contributed by atoms with van der Waals surface area (Å²) in [6, 6.07) is 11.9. The first-order valence-electron chi connectivity index (χ1n) is 11.8. The molecule has 0 radical (unpaired) electrons. The number of carbonyl (C=O) groups is 2. The van der Waals surface area contributed by atoms with Crippen LogP contribution in [0.5, 0.6) is 5.75 Å². The molecule has 0 aliphatic heterocycles. The fraction of sp³-hybridized carbons (Fsp3) is 0.462. The van der Waals surface area contributed by atoms with Crippen molar-refractivity contribution in [3.05, 3.63) is 59.2 Å². The van der Waals surface area contributed by atoms with E-state index in [4.69, 9.17) is 4.74 Å². The second-order valence-electron chi connectivity index (χ2n) is 8.64. The molecule has 0 spiro atoms. The fourth-order valence-electron chi connectivity index (χ4n) is 3.89. The fourth-order valence-corrected chi connectivity index (χ4v) is 4.80. The van der Waals surface area contributed by atoms with Crippen LogP contribution in [0.3, 0.4) is 0 Å². The Balaban J connectivity index is 2.44. The Morgan fingerprint density at radius 1 is 1.06 bits per heavy atom. The first-order chi connectivity index (χ1) is 16.5. The number of sulfonamides is 1. The molecular formula is C26H37N3O5S. The molecule has 2 rings (SSSR count). The standard InChI is InChI=1S/C26H37N3O5S/c1-7-15-27-26(31)23(8-2)28(17-21-10-12-22(34-5)13-11-21)25(30)18-29(35(6,32)33)24-14-9-19(3)16-20(24)4/h9-14,16,23H,7-8,15,17-18H2,1-6H3,(H,27,31)/t23-/m1/s1. The topological polar surface area (TPSA) is 96.0 Å². The number of hydrogen-bond donors (Lipinski definition) is 1. The normalized spacial score (nSPS) is 12.1. The molecule has 0 aliphatic rings. The summed E-state index contributed by atoms with van der Waals surface area (Å²) >= 11 is 0. The summed E-state index contributed by atoms with van der Waals surface area (Å²) in [6.45, 7) is 7.77. The highest BCUT2D eigenvalue weighted by atomic mass is 32.2. The van der Waals surface area contributed by atoms with Gasteiger partial charge in [0.2, 0.25) is 21.8 Å². The van der Waals surface area contributed by atoms with Crippen LogP contribution in [-0.4, -0.2) is 57.6 Å². The van der Waals surface area contributed by atoms with E-state index < -0.39 is 28.5 Å². The summed E-state index contributed by atoms with van der Waals surface area (Å²) in [7, 11) is -2.19. The number of carbonyl (C=O) groups excluding carboxylic acids is 2. The van der Waals surface area contributed by atoms with Gasteiger partial charge in [-0.2, -0.15) is 0 Å². The number of aryl methyl sites for hydroxylation is 2. The molecule has 2 amide bonds. The van der Waals surface area contributed by atoms with Gasteiger partial charge in [-0.05, 0) is 56.0 Å². The maximum Gasteiger partial charge on any atom is 0.244 e. The lowest BCUT2D eigenvalue weighted by Gasteiger charge is -2.33. The highest BCUT2D eigenvalue weighted by molar-refractivity contribution is 7.92. The Morgan fingerprint density at radius 2 is 1.71 bits per heavy atom. The van der Waals surface area contributed by atoms with Gasteiger partial charge in [0.15, 0.2) is 0 Å². The molecule has 0 bridgehead atoms. The van der Waals surface area contributed by atoms with Crippen molar-refractivity contribution in [3.8, 4) is 5.75 Å². The van der Waals surface area contributed by atoms with Crippen LogP contribution in [0.15, 0.2) is 42.5 Å². The van der Waals surface area contributed by atoms with Crippen molar-refractivity contribution in [1.82, 2.24) is 10.2 Å². The van der Waals surface area contributed by atoms with Crippen molar-refractivity contribution >= 4 is 27.5 Å². The number of amides is 2. The third-order valence-corrected chi connectivity index (χ3v) is 6.87. The van der Waals surface area contributed by atoms with E-state index >= 15 is 0 Å². The number of nitrogens with one attached hydrogen (secondary N) is 1. The largest absolute Gasteiger partial charge is 0.497 e. The summed E-state index contributed by atoms with van der Waals surface area (Å²) in [5, 5.41) is 2.87. The van der Waals surface area contributed by atoms with E-state index in [9.17, 15) is 18.0 Å². The Hall–Kier alpha value is -3.07. The molecule has 8 nitrogen and oxygen atoms in total. The molecule has 0 saturated carbocycles. The number of methoxy groups -OCH3 is 1. The van der Waals surface area contributed by atoms with Gasteiger partial charge in [-0.25, -0.2) is 8.42 Å². The van der Waals surface area contributed by atoms with E-state index in [0.717, 1.165) is 33.7 Å². The van der Waals surface area contributed by atoms with Crippen molar-refractivity contribution in [2.24, 2.45) is 0 Å². The van der Waals surface area contributed by atoms with Crippen molar-refractivity contribution in [2.45, 2.75) is 53.1 Å². The number of nitrogens with zero attached hydrogens (tertiary/aromatic N) is 2. The van der Waals surface area contributed by atoms with Gasteiger partial charge in [-0.1, -0.05) is 43.7 Å². The van der Waals surface area contributed by atoms with Gasteiger partial charge in [0.1, 0.15) is 18.3 Å². The van der Waals surface area contributed by atoms with Crippen LogP contribution in [-0.2, 0) is 26.2 Å². The molecule has 9 heteroatoms. The molecule has 0 fully saturated rings. The Morgan fingerprint density at radius 3 is 2.23 bits per heavy atom. The van der Waals surface area contributed by atoms with Gasteiger partial charge < -0.3 is 15.0 Å². The number of hydrogen-bond acceptors (Lipinski definition) is 5. The predicted octanol–water partition coefficient (Wildman–Crippen LogP) is 3.41. The molecule has 0 saturated heterocycles. The maximum absolute atomic E-state index is 13.7. The molecule has 1 atom stereocenters. The Bertz CT molecular complexity index is 1120. The lowest BCUT2D eigenvalue weighted by Crippen LogP contribution is -2.52. The third kappa shape index (κ3) is 7.71. The van der Waals surface area contributed by atoms with Crippen LogP contribution >= 0.6 is 0 Å². The van der Waals surface area contributed by atoms with Crippen molar-refractivity contribution in [2.75, 3.05) is 30.8 Å². The second kappa shape index (κ2) is 12.6. The average molecular weight is 504 g/mol. The van der Waals surface area contributed by atoms with Gasteiger partial charge >= 0.3 is 0 Å². The lowest BCUT2D eigenvalue weighted by atomic mass is 10.1. The Kier molecular flexibility index (Phi) is 10.1. The summed E-state index contributed by atoms with van der Waals surface area (Å²) in [5.74, 6) is -0.0317. The van der Waals surface area contributed by atoms with Gasteiger partial charge in [-0.15, -0.1) is 0 Å². The van der Waals surface area contributed by atoms with Crippen molar-refractivity contribution < 1.29 is 22.7 Å². The van der Waals surface area contributed by atoms with E-state index in [1.165, 1.54) is 4.90 Å². The SMILES string of the molecule is CCCNC(=O)[C@@H](CC)N(Cc1ccc(OC)cc1)C(=O)CN(c1ccc(C)cc1C)S(C)(=O)=O.